The van der Waals surface area contributed by atoms with Crippen molar-refractivity contribution in [3.8, 4) is 17.1 Å². The van der Waals surface area contributed by atoms with Gasteiger partial charge in [0.25, 0.3) is 0 Å². The average molecular weight is 298 g/mol. The van der Waals surface area contributed by atoms with E-state index in [-0.39, 0.29) is 28.0 Å². The van der Waals surface area contributed by atoms with Gasteiger partial charge in [0, 0.05) is 0 Å². The molecule has 0 aliphatic carbocycles. The molecule has 9 heteroatoms. The Morgan fingerprint density at radius 1 is 1.55 bits per heavy atom. The van der Waals surface area contributed by atoms with Gasteiger partial charge < -0.3 is 15.7 Å². The second kappa shape index (κ2) is 5.78. The van der Waals surface area contributed by atoms with E-state index < -0.39 is 11.8 Å². The fourth-order valence-corrected chi connectivity index (χ4v) is 2.14. The molecule has 7 nitrogen and oxygen atoms in total. The number of nitrogens with zero attached hydrogens (tertiary/aromatic N) is 3. The maximum Gasteiger partial charge on any atom is 0.313 e. The summed E-state index contributed by atoms with van der Waals surface area (Å²) in [7, 11) is 1.40. The molecule has 0 amide bonds. The van der Waals surface area contributed by atoms with Crippen LogP contribution in [0.4, 0.5) is 4.39 Å². The van der Waals surface area contributed by atoms with Crippen molar-refractivity contribution >= 4 is 17.7 Å². The van der Waals surface area contributed by atoms with E-state index in [1.165, 1.54) is 19.2 Å². The molecular weight excluding hydrogens is 287 g/mol. The van der Waals surface area contributed by atoms with Crippen LogP contribution in [0.15, 0.2) is 23.4 Å². The normalized spacial score (nSPS) is 10.5. The van der Waals surface area contributed by atoms with Gasteiger partial charge in [-0.1, -0.05) is 17.8 Å². The molecule has 0 saturated carbocycles. The maximum absolute atomic E-state index is 13.9. The van der Waals surface area contributed by atoms with Crippen molar-refractivity contribution in [2.45, 2.75) is 5.16 Å². The highest BCUT2D eigenvalue weighted by Gasteiger charge is 2.20. The predicted molar refractivity (Wildman–Crippen MR) is 70.5 cm³/mol. The Morgan fingerprint density at radius 3 is 2.95 bits per heavy atom. The van der Waals surface area contributed by atoms with Gasteiger partial charge in [0.2, 0.25) is 5.16 Å². The van der Waals surface area contributed by atoms with Crippen molar-refractivity contribution in [1.82, 2.24) is 14.9 Å². The highest BCUT2D eigenvalue weighted by atomic mass is 32.2. The first-order valence-electron chi connectivity index (χ1n) is 5.42. The highest BCUT2D eigenvalue weighted by Crippen LogP contribution is 2.31. The average Bonchev–Trinajstić information content (AvgIpc) is 2.77. The van der Waals surface area contributed by atoms with Crippen molar-refractivity contribution in [2.24, 2.45) is 0 Å². The Labute approximate surface area is 117 Å². The Balaban J connectivity index is 2.42. The lowest BCUT2D eigenvalue weighted by Crippen LogP contribution is -2.13. The van der Waals surface area contributed by atoms with Crippen LogP contribution >= 0.6 is 11.8 Å². The molecule has 0 unspecified atom stereocenters. The molecule has 20 heavy (non-hydrogen) atoms. The van der Waals surface area contributed by atoms with E-state index in [0.717, 1.165) is 16.4 Å². The van der Waals surface area contributed by atoms with Gasteiger partial charge in [-0.15, -0.1) is 10.2 Å². The lowest BCUT2D eigenvalue weighted by molar-refractivity contribution is -0.133. The first kappa shape index (κ1) is 14.1. The van der Waals surface area contributed by atoms with Crippen LogP contribution in [-0.4, -0.2) is 38.8 Å². The lowest BCUT2D eigenvalue weighted by Gasteiger charge is -2.08. The maximum atomic E-state index is 13.9. The summed E-state index contributed by atoms with van der Waals surface area (Å²) < 4.78 is 20.0. The first-order valence-corrected chi connectivity index (χ1v) is 6.41. The molecule has 2 rings (SSSR count). The van der Waals surface area contributed by atoms with Gasteiger partial charge in [0.15, 0.2) is 5.82 Å². The third-order valence-corrected chi connectivity index (χ3v) is 3.34. The molecule has 0 atom stereocenters. The fourth-order valence-electron chi connectivity index (χ4n) is 1.56. The van der Waals surface area contributed by atoms with Gasteiger partial charge in [-0.2, -0.15) is 0 Å². The zero-order valence-corrected chi connectivity index (χ0v) is 11.2. The number of methoxy groups -OCH3 is 1. The molecule has 106 valence electrons. The lowest BCUT2D eigenvalue weighted by atomic mass is 10.2. The van der Waals surface area contributed by atoms with Gasteiger partial charge >= 0.3 is 5.97 Å². The summed E-state index contributed by atoms with van der Waals surface area (Å²) in [4.78, 5) is 10.5. The first-order chi connectivity index (χ1) is 9.54. The van der Waals surface area contributed by atoms with Gasteiger partial charge in [-0.3, -0.25) is 4.79 Å². The number of halogens is 1. The number of hydrogen-bond donors (Lipinski definition) is 2. The van der Waals surface area contributed by atoms with E-state index in [9.17, 15) is 9.18 Å². The summed E-state index contributed by atoms with van der Waals surface area (Å²) in [5, 5.41) is 16.3. The quantitative estimate of drug-likeness (QED) is 0.626. The van der Waals surface area contributed by atoms with E-state index in [1.807, 2.05) is 0 Å². The van der Waals surface area contributed by atoms with Crippen LogP contribution in [0.3, 0.4) is 0 Å². The summed E-state index contributed by atoms with van der Waals surface area (Å²) in [5.74, 6) is 4.31. The molecule has 0 radical (unpaired) electrons. The number of benzene rings is 1. The van der Waals surface area contributed by atoms with E-state index >= 15 is 0 Å². The zero-order chi connectivity index (χ0) is 14.7. The van der Waals surface area contributed by atoms with Crippen LogP contribution in [0.5, 0.6) is 5.75 Å². The number of nitrogen functional groups attached to an aromatic ring is 1. The highest BCUT2D eigenvalue weighted by molar-refractivity contribution is 7.99. The molecule has 0 spiro atoms. The second-order valence-electron chi connectivity index (χ2n) is 3.68. The van der Waals surface area contributed by atoms with Crippen LogP contribution in [0.2, 0.25) is 0 Å². The molecule has 2 aromatic rings. The fraction of sp³-hybridized carbons (Fsp3) is 0.182. The third-order valence-electron chi connectivity index (χ3n) is 2.41. The summed E-state index contributed by atoms with van der Waals surface area (Å²) in [6.45, 7) is 0. The number of carbonyl (C=O) groups is 1. The molecule has 1 heterocycles. The molecule has 0 fully saturated rings. The largest absolute Gasteiger partial charge is 0.496 e. The number of aromatic nitrogens is 3. The minimum atomic E-state index is -1.01. The monoisotopic (exact) mass is 298 g/mol. The Kier molecular flexibility index (Phi) is 4.08. The third kappa shape index (κ3) is 2.67. The Hall–Kier alpha value is -2.29. The van der Waals surface area contributed by atoms with E-state index in [1.54, 1.807) is 6.07 Å². The molecule has 1 aromatic heterocycles. The van der Waals surface area contributed by atoms with Crippen molar-refractivity contribution in [3.05, 3.63) is 24.0 Å². The number of ether oxygens (including phenoxy) is 1. The summed E-state index contributed by atoms with van der Waals surface area (Å²) >= 11 is 0.892. The van der Waals surface area contributed by atoms with Gasteiger partial charge in [-0.05, 0) is 12.1 Å². The number of carboxylic acids is 1. The van der Waals surface area contributed by atoms with Crippen LogP contribution in [0, 0.1) is 5.82 Å². The topological polar surface area (TPSA) is 103 Å². The molecule has 0 saturated heterocycles. The molecular formula is C11H11FN4O3S. The number of nitrogens with two attached hydrogens (primary N) is 1. The predicted octanol–water partition coefficient (Wildman–Crippen LogP) is 0.983. The number of aliphatic carboxylic acids is 1. The second-order valence-corrected chi connectivity index (χ2v) is 4.62. The summed E-state index contributed by atoms with van der Waals surface area (Å²) in [5.41, 5.74) is 0.0761. The summed E-state index contributed by atoms with van der Waals surface area (Å²) in [6, 6.07) is 4.31. The molecule has 0 bridgehead atoms. The Morgan fingerprint density at radius 2 is 2.30 bits per heavy atom. The number of carboxylic acid groups (broad SMARTS) is 1. The van der Waals surface area contributed by atoms with Crippen LogP contribution in [0.25, 0.3) is 11.4 Å². The summed E-state index contributed by atoms with van der Waals surface area (Å²) in [6.07, 6.45) is 0. The van der Waals surface area contributed by atoms with Crippen molar-refractivity contribution < 1.29 is 19.0 Å². The minimum Gasteiger partial charge on any atom is -0.496 e. The zero-order valence-electron chi connectivity index (χ0n) is 10.4. The molecule has 3 N–H and O–H groups in total. The Bertz CT molecular complexity index is 647. The SMILES string of the molecule is COc1cccc(F)c1-c1nnc(SCC(=O)O)n1N. The number of thioether (sulfide) groups is 1. The molecule has 0 aliphatic rings. The molecule has 0 aliphatic heterocycles. The smallest absolute Gasteiger partial charge is 0.313 e. The number of hydrogen-bond acceptors (Lipinski definition) is 6. The minimum absolute atomic E-state index is 0.0628. The number of rotatable bonds is 5. The standard InChI is InChI=1S/C11H11FN4O3S/c1-19-7-4-2-3-6(12)9(7)10-14-15-11(16(10)13)20-5-8(17)18/h2-4H,5,13H2,1H3,(H,17,18). The van der Waals surface area contributed by atoms with Crippen LogP contribution in [-0.2, 0) is 4.79 Å². The van der Waals surface area contributed by atoms with Crippen molar-refractivity contribution in [1.29, 1.82) is 0 Å². The van der Waals surface area contributed by atoms with E-state index in [0.29, 0.717) is 0 Å². The van der Waals surface area contributed by atoms with Gasteiger partial charge in [0.05, 0.1) is 18.4 Å². The van der Waals surface area contributed by atoms with Crippen molar-refractivity contribution in [2.75, 3.05) is 18.7 Å². The van der Waals surface area contributed by atoms with Crippen LogP contribution < -0.4 is 10.6 Å². The van der Waals surface area contributed by atoms with Gasteiger partial charge in [-0.25, -0.2) is 9.07 Å². The van der Waals surface area contributed by atoms with E-state index in [2.05, 4.69) is 10.2 Å². The molecule has 1 aromatic carbocycles. The van der Waals surface area contributed by atoms with E-state index in [4.69, 9.17) is 15.7 Å². The van der Waals surface area contributed by atoms with Crippen molar-refractivity contribution in [3.63, 3.8) is 0 Å². The van der Waals surface area contributed by atoms with Crippen LogP contribution in [0.1, 0.15) is 0 Å². The van der Waals surface area contributed by atoms with Gasteiger partial charge in [0.1, 0.15) is 11.6 Å².